The number of esters is 2. The lowest BCUT2D eigenvalue weighted by atomic mass is 10.1. The highest BCUT2D eigenvalue weighted by Gasteiger charge is 2.09. The molecule has 132 valence electrons. The van der Waals surface area contributed by atoms with Gasteiger partial charge in [-0.05, 0) is 25.5 Å². The van der Waals surface area contributed by atoms with Crippen molar-refractivity contribution in [3.63, 3.8) is 0 Å². The molecule has 0 N–H and O–H groups in total. The molecule has 5 heteroatoms. The molecule has 0 saturated heterocycles. The molecule has 0 rings (SSSR count). The van der Waals surface area contributed by atoms with Gasteiger partial charge >= 0.3 is 11.9 Å². The molecule has 0 fully saturated rings. The quantitative estimate of drug-likeness (QED) is 0.261. The number of rotatable bonds is 9. The van der Waals surface area contributed by atoms with Crippen molar-refractivity contribution in [2.45, 2.75) is 13.8 Å². The molecule has 0 aromatic rings. The summed E-state index contributed by atoms with van der Waals surface area (Å²) < 4.78 is 23.7. The van der Waals surface area contributed by atoms with E-state index in [0.29, 0.717) is 0 Å². The second-order valence-corrected chi connectivity index (χ2v) is 5.10. The summed E-state index contributed by atoms with van der Waals surface area (Å²) in [6.45, 7) is 23.9. The number of halogens is 1. The van der Waals surface area contributed by atoms with E-state index in [-0.39, 0.29) is 33.8 Å². The van der Waals surface area contributed by atoms with E-state index < -0.39 is 17.8 Å². The molecule has 0 aromatic carbocycles. The first-order chi connectivity index (χ1) is 11.5. The molecule has 0 aromatic heterocycles. The van der Waals surface area contributed by atoms with Crippen molar-refractivity contribution in [2.24, 2.45) is 0 Å². The molecule has 0 amide bonds. The first-order valence-corrected chi connectivity index (χ1v) is 7.02. The molecule has 0 radical (unpaired) electrons. The molecule has 0 aliphatic rings. The van der Waals surface area contributed by atoms with Crippen molar-refractivity contribution in [1.29, 1.82) is 0 Å². The summed E-state index contributed by atoms with van der Waals surface area (Å²) >= 11 is 0. The Kier molecular flexibility index (Phi) is 8.56. The predicted octanol–water partition coefficient (Wildman–Crippen LogP) is 4.77. The lowest BCUT2D eigenvalue weighted by Crippen LogP contribution is -2.03. The molecule has 0 unspecified atom stereocenters. The van der Waals surface area contributed by atoms with E-state index in [4.69, 9.17) is 9.47 Å². The van der Waals surface area contributed by atoms with Gasteiger partial charge in [-0.15, -0.1) is 0 Å². The van der Waals surface area contributed by atoms with E-state index in [1.165, 1.54) is 26.0 Å². The van der Waals surface area contributed by atoms with Crippen molar-refractivity contribution in [1.82, 2.24) is 0 Å². The van der Waals surface area contributed by atoms with Crippen LogP contribution in [0.15, 0.2) is 97.3 Å². The zero-order chi connectivity index (χ0) is 19.7. The fourth-order valence-electron chi connectivity index (χ4n) is 1.15. The molecular formula is C20H21FO4. The Hall–Kier alpha value is -3.21. The Labute approximate surface area is 147 Å². The van der Waals surface area contributed by atoms with Gasteiger partial charge in [-0.3, -0.25) is 0 Å². The van der Waals surface area contributed by atoms with Gasteiger partial charge in [-0.2, -0.15) is 0 Å². The van der Waals surface area contributed by atoms with Crippen LogP contribution in [0.4, 0.5) is 4.39 Å². The largest absolute Gasteiger partial charge is 0.424 e. The summed E-state index contributed by atoms with van der Waals surface area (Å²) in [5.41, 5.74) is 0.502. The number of hydrogen-bond donors (Lipinski definition) is 0. The minimum Gasteiger partial charge on any atom is -0.424 e. The summed E-state index contributed by atoms with van der Waals surface area (Å²) in [6, 6.07) is 0. The number of carbonyl (C=O) groups is 2. The molecule has 0 atom stereocenters. The molecular weight excluding hydrogens is 323 g/mol. The van der Waals surface area contributed by atoms with Gasteiger partial charge in [0.1, 0.15) is 17.3 Å². The third kappa shape index (κ3) is 8.27. The third-order valence-corrected chi connectivity index (χ3v) is 2.58. The second-order valence-electron chi connectivity index (χ2n) is 5.10. The van der Waals surface area contributed by atoms with Gasteiger partial charge in [0, 0.05) is 22.8 Å². The molecule has 0 aliphatic carbocycles. The van der Waals surface area contributed by atoms with Crippen LogP contribution in [0.2, 0.25) is 0 Å². The fraction of sp³-hybridized carbons (Fsp3) is 0.100. The number of allylic oxidation sites excluding steroid dienone is 6. The van der Waals surface area contributed by atoms with Crippen LogP contribution in [-0.2, 0) is 19.1 Å². The van der Waals surface area contributed by atoms with E-state index in [1.54, 1.807) is 0 Å². The summed E-state index contributed by atoms with van der Waals surface area (Å²) in [6.07, 6.45) is 3.60. The van der Waals surface area contributed by atoms with Crippen LogP contribution >= 0.6 is 0 Å². The zero-order valence-electron chi connectivity index (χ0n) is 14.5. The van der Waals surface area contributed by atoms with Gasteiger partial charge in [0.25, 0.3) is 0 Å². The van der Waals surface area contributed by atoms with E-state index in [1.807, 2.05) is 0 Å². The summed E-state index contributed by atoms with van der Waals surface area (Å²) in [7, 11) is 0. The first-order valence-electron chi connectivity index (χ1n) is 7.02. The second kappa shape index (κ2) is 9.82. The molecule has 25 heavy (non-hydrogen) atoms. The standard InChI is InChI=1S/C20H21FO4/c1-12(2)19(22)24-15(6)10-9-14(5)17(8)18(21)11-16(7)25-20(23)13(3)4/h9-11H,1,3,5-8H2,2,4H3/b10-9-,18-11+. The monoisotopic (exact) mass is 344 g/mol. The highest BCUT2D eigenvalue weighted by molar-refractivity contribution is 5.88. The lowest BCUT2D eigenvalue weighted by molar-refractivity contribution is -0.135. The van der Waals surface area contributed by atoms with Gasteiger partial charge in [0.05, 0.1) is 0 Å². The first kappa shape index (κ1) is 21.8. The van der Waals surface area contributed by atoms with Gasteiger partial charge in [-0.1, -0.05) is 45.5 Å². The SMILES string of the molecule is C=C(/C=C\C(=C)C(=C)/C(F)=C\C(=C)OC(=O)C(=C)C)OC(=O)C(=C)C. The van der Waals surface area contributed by atoms with Crippen molar-refractivity contribution in [2.75, 3.05) is 0 Å². The summed E-state index contributed by atoms with van der Waals surface area (Å²) in [5.74, 6) is -2.30. The maximum Gasteiger partial charge on any atom is 0.338 e. The number of carbonyl (C=O) groups excluding carboxylic acids is 2. The van der Waals surface area contributed by atoms with Crippen molar-refractivity contribution >= 4 is 11.9 Å². The van der Waals surface area contributed by atoms with Gasteiger partial charge in [0.15, 0.2) is 0 Å². The van der Waals surface area contributed by atoms with E-state index >= 15 is 0 Å². The molecule has 0 bridgehead atoms. The van der Waals surface area contributed by atoms with E-state index in [9.17, 15) is 14.0 Å². The van der Waals surface area contributed by atoms with E-state index in [2.05, 4.69) is 39.5 Å². The minimum atomic E-state index is -0.793. The fourth-order valence-corrected chi connectivity index (χ4v) is 1.15. The lowest BCUT2D eigenvalue weighted by Gasteiger charge is -2.06. The molecule has 0 heterocycles. The third-order valence-electron chi connectivity index (χ3n) is 2.58. The van der Waals surface area contributed by atoms with Crippen molar-refractivity contribution in [3.8, 4) is 0 Å². The maximum atomic E-state index is 14.1. The van der Waals surface area contributed by atoms with Crippen molar-refractivity contribution in [3.05, 3.63) is 97.3 Å². The highest BCUT2D eigenvalue weighted by atomic mass is 19.1. The van der Waals surface area contributed by atoms with Gasteiger partial charge in [0.2, 0.25) is 0 Å². The Morgan fingerprint density at radius 1 is 0.800 bits per heavy atom. The van der Waals surface area contributed by atoms with Crippen LogP contribution in [0.3, 0.4) is 0 Å². The van der Waals surface area contributed by atoms with Crippen LogP contribution in [0.25, 0.3) is 0 Å². The molecule has 0 aliphatic heterocycles. The average molecular weight is 344 g/mol. The predicted molar refractivity (Wildman–Crippen MR) is 96.7 cm³/mol. The average Bonchev–Trinajstić information content (AvgIpc) is 2.51. The van der Waals surface area contributed by atoms with E-state index in [0.717, 1.165) is 6.08 Å². The smallest absolute Gasteiger partial charge is 0.338 e. The molecule has 4 nitrogen and oxygen atoms in total. The highest BCUT2D eigenvalue weighted by Crippen LogP contribution is 2.21. The van der Waals surface area contributed by atoms with Gasteiger partial charge in [-0.25, -0.2) is 14.0 Å². The summed E-state index contributed by atoms with van der Waals surface area (Å²) in [4.78, 5) is 22.6. The Balaban J connectivity index is 4.85. The van der Waals surface area contributed by atoms with Gasteiger partial charge < -0.3 is 9.47 Å². The molecule has 0 saturated carbocycles. The Bertz CT molecular complexity index is 733. The number of ether oxygens (including phenoxy) is 2. The van der Waals surface area contributed by atoms with Crippen LogP contribution in [0.1, 0.15) is 13.8 Å². The minimum absolute atomic E-state index is 0.0335. The summed E-state index contributed by atoms with van der Waals surface area (Å²) in [5, 5.41) is 0. The number of hydrogen-bond acceptors (Lipinski definition) is 4. The van der Waals surface area contributed by atoms with Crippen LogP contribution < -0.4 is 0 Å². The van der Waals surface area contributed by atoms with Crippen LogP contribution in [-0.4, -0.2) is 11.9 Å². The Morgan fingerprint density at radius 3 is 1.68 bits per heavy atom. The molecule has 0 spiro atoms. The maximum absolute atomic E-state index is 14.1. The zero-order valence-corrected chi connectivity index (χ0v) is 14.5. The normalized spacial score (nSPS) is 10.8. The topological polar surface area (TPSA) is 52.6 Å². The van der Waals surface area contributed by atoms with Crippen molar-refractivity contribution < 1.29 is 23.5 Å². The van der Waals surface area contributed by atoms with Crippen LogP contribution in [0.5, 0.6) is 0 Å². The van der Waals surface area contributed by atoms with Crippen LogP contribution in [0, 0.1) is 0 Å². The Morgan fingerprint density at radius 2 is 1.24 bits per heavy atom.